The van der Waals surface area contributed by atoms with Crippen LogP contribution in [0.5, 0.6) is 0 Å². The van der Waals surface area contributed by atoms with Crippen LogP contribution in [0, 0.1) is 0 Å². The molecule has 0 aromatic carbocycles. The molecule has 1 N–H and O–H groups in total. The first kappa shape index (κ1) is 14.5. The average Bonchev–Trinajstić information content (AvgIpc) is 2.99. The molecule has 0 radical (unpaired) electrons. The number of carbonyl (C=O) groups excluding carboxylic acids is 2. The van der Waals surface area contributed by atoms with Crippen LogP contribution >= 0.6 is 22.9 Å². The molecular formula is C12H11ClN2O4S. The van der Waals surface area contributed by atoms with Crippen LogP contribution in [0.1, 0.15) is 23.2 Å². The van der Waals surface area contributed by atoms with Gasteiger partial charge in [-0.1, -0.05) is 0 Å². The zero-order valence-corrected chi connectivity index (χ0v) is 12.1. The lowest BCUT2D eigenvalue weighted by Gasteiger charge is -1.99. The number of nitrogens with zero attached hydrogens (tertiary/aromatic N) is 1. The minimum atomic E-state index is -0.450. The Balaban J connectivity index is 1.95. The standard InChI is InChI=1S/C12H11ClN2O4S/c1-2-18-10(16)5-7-6-20-12(14-7)15-11(17)8-3-4-9(13)19-8/h3-4,6H,2,5H2,1H3,(H,14,15,17). The first-order valence-electron chi connectivity index (χ1n) is 5.75. The van der Waals surface area contributed by atoms with Gasteiger partial charge in [0.2, 0.25) is 0 Å². The first-order valence-corrected chi connectivity index (χ1v) is 7.01. The van der Waals surface area contributed by atoms with E-state index in [1.807, 2.05) is 0 Å². The minimum Gasteiger partial charge on any atom is -0.466 e. The molecule has 2 aromatic rings. The summed E-state index contributed by atoms with van der Waals surface area (Å²) in [6, 6.07) is 2.94. The van der Waals surface area contributed by atoms with Crippen molar-refractivity contribution in [3.8, 4) is 0 Å². The highest BCUT2D eigenvalue weighted by molar-refractivity contribution is 7.14. The average molecular weight is 315 g/mol. The molecule has 0 atom stereocenters. The van der Waals surface area contributed by atoms with Crippen molar-refractivity contribution >= 4 is 39.9 Å². The van der Waals surface area contributed by atoms with Gasteiger partial charge in [0.05, 0.1) is 18.7 Å². The molecule has 0 saturated carbocycles. The van der Waals surface area contributed by atoms with E-state index in [2.05, 4.69) is 10.3 Å². The number of rotatable bonds is 5. The third kappa shape index (κ3) is 3.82. The van der Waals surface area contributed by atoms with Gasteiger partial charge >= 0.3 is 5.97 Å². The molecule has 6 nitrogen and oxygen atoms in total. The highest BCUT2D eigenvalue weighted by Gasteiger charge is 2.14. The summed E-state index contributed by atoms with van der Waals surface area (Å²) >= 11 is 6.80. The Labute approximate surface area is 123 Å². The maximum Gasteiger partial charge on any atom is 0.311 e. The maximum absolute atomic E-state index is 11.8. The summed E-state index contributed by atoms with van der Waals surface area (Å²) in [6.07, 6.45) is 0.0762. The second-order valence-corrected chi connectivity index (χ2v) is 4.91. The van der Waals surface area contributed by atoms with E-state index in [1.165, 1.54) is 23.5 Å². The fraction of sp³-hybridized carbons (Fsp3) is 0.250. The molecule has 2 heterocycles. The summed E-state index contributed by atoms with van der Waals surface area (Å²) in [5, 5.41) is 4.76. The zero-order chi connectivity index (χ0) is 14.5. The highest BCUT2D eigenvalue weighted by Crippen LogP contribution is 2.19. The molecule has 20 heavy (non-hydrogen) atoms. The number of ether oxygens (including phenoxy) is 1. The molecule has 0 aliphatic heterocycles. The van der Waals surface area contributed by atoms with Crippen LogP contribution in [0.25, 0.3) is 0 Å². The fourth-order valence-electron chi connectivity index (χ4n) is 1.40. The summed E-state index contributed by atoms with van der Waals surface area (Å²) in [6.45, 7) is 2.06. The lowest BCUT2D eigenvalue weighted by Crippen LogP contribution is -2.11. The number of aromatic nitrogens is 1. The molecule has 0 saturated heterocycles. The number of amides is 1. The smallest absolute Gasteiger partial charge is 0.311 e. The second-order valence-electron chi connectivity index (χ2n) is 3.68. The normalized spacial score (nSPS) is 10.3. The Morgan fingerprint density at radius 1 is 1.50 bits per heavy atom. The summed E-state index contributed by atoms with van der Waals surface area (Å²) in [5.41, 5.74) is 0.543. The number of furan rings is 1. The van der Waals surface area contributed by atoms with Crippen LogP contribution < -0.4 is 5.32 Å². The van der Waals surface area contributed by atoms with Crippen molar-refractivity contribution in [1.29, 1.82) is 0 Å². The SMILES string of the molecule is CCOC(=O)Cc1csc(NC(=O)c2ccc(Cl)o2)n1. The maximum atomic E-state index is 11.8. The number of nitrogens with one attached hydrogen (secondary N) is 1. The molecule has 2 aromatic heterocycles. The highest BCUT2D eigenvalue weighted by atomic mass is 35.5. The van der Waals surface area contributed by atoms with E-state index in [9.17, 15) is 9.59 Å². The van der Waals surface area contributed by atoms with E-state index in [-0.39, 0.29) is 23.4 Å². The molecule has 0 spiro atoms. The number of hydrogen-bond donors (Lipinski definition) is 1. The minimum absolute atomic E-state index is 0.0762. The van der Waals surface area contributed by atoms with Gasteiger partial charge in [-0.3, -0.25) is 14.9 Å². The molecule has 0 fully saturated rings. The van der Waals surface area contributed by atoms with Gasteiger partial charge in [-0.25, -0.2) is 4.98 Å². The molecule has 2 rings (SSSR count). The topological polar surface area (TPSA) is 81.4 Å². The van der Waals surface area contributed by atoms with Crippen molar-refractivity contribution in [2.75, 3.05) is 11.9 Å². The lowest BCUT2D eigenvalue weighted by atomic mass is 10.3. The molecule has 0 unspecified atom stereocenters. The number of halogens is 1. The van der Waals surface area contributed by atoms with Gasteiger partial charge in [-0.05, 0) is 30.7 Å². The van der Waals surface area contributed by atoms with Crippen molar-refractivity contribution in [3.05, 3.63) is 34.2 Å². The molecule has 0 bridgehead atoms. The Hall–Kier alpha value is -1.86. The Morgan fingerprint density at radius 3 is 2.95 bits per heavy atom. The predicted molar refractivity (Wildman–Crippen MR) is 74.1 cm³/mol. The zero-order valence-electron chi connectivity index (χ0n) is 10.5. The van der Waals surface area contributed by atoms with E-state index >= 15 is 0 Å². The number of hydrogen-bond acceptors (Lipinski definition) is 6. The summed E-state index contributed by atoms with van der Waals surface area (Å²) < 4.78 is 9.79. The largest absolute Gasteiger partial charge is 0.466 e. The van der Waals surface area contributed by atoms with Gasteiger partial charge in [0, 0.05) is 5.38 Å². The van der Waals surface area contributed by atoms with E-state index in [1.54, 1.807) is 12.3 Å². The predicted octanol–water partition coefficient (Wildman–Crippen LogP) is 2.75. The van der Waals surface area contributed by atoms with Gasteiger partial charge in [-0.2, -0.15) is 0 Å². The van der Waals surface area contributed by atoms with Gasteiger partial charge in [0.1, 0.15) is 0 Å². The van der Waals surface area contributed by atoms with Gasteiger partial charge in [-0.15, -0.1) is 11.3 Å². The van der Waals surface area contributed by atoms with Crippen molar-refractivity contribution in [2.24, 2.45) is 0 Å². The van der Waals surface area contributed by atoms with E-state index in [0.29, 0.717) is 17.4 Å². The number of thiazole rings is 1. The number of esters is 1. The number of carbonyl (C=O) groups is 2. The van der Waals surface area contributed by atoms with Crippen molar-refractivity contribution in [1.82, 2.24) is 4.98 Å². The van der Waals surface area contributed by atoms with Crippen LogP contribution in [0.3, 0.4) is 0 Å². The monoisotopic (exact) mass is 314 g/mol. The molecule has 0 aliphatic carbocycles. The van der Waals surface area contributed by atoms with Gasteiger partial charge < -0.3 is 9.15 Å². The van der Waals surface area contributed by atoms with E-state index < -0.39 is 5.91 Å². The fourth-order valence-corrected chi connectivity index (χ4v) is 2.25. The Morgan fingerprint density at radius 2 is 2.30 bits per heavy atom. The van der Waals surface area contributed by atoms with Crippen molar-refractivity contribution in [3.63, 3.8) is 0 Å². The summed E-state index contributed by atoms with van der Waals surface area (Å²) in [7, 11) is 0. The molecular weight excluding hydrogens is 304 g/mol. The van der Waals surface area contributed by atoms with Crippen LogP contribution in [0.15, 0.2) is 21.9 Å². The van der Waals surface area contributed by atoms with Crippen LogP contribution in [0.2, 0.25) is 5.22 Å². The van der Waals surface area contributed by atoms with Crippen LogP contribution in [0.4, 0.5) is 5.13 Å². The van der Waals surface area contributed by atoms with Gasteiger partial charge in [0.25, 0.3) is 5.91 Å². The quantitative estimate of drug-likeness (QED) is 0.858. The summed E-state index contributed by atoms with van der Waals surface area (Å²) in [5.74, 6) is -0.709. The molecule has 8 heteroatoms. The van der Waals surface area contributed by atoms with Crippen LogP contribution in [-0.4, -0.2) is 23.5 Å². The van der Waals surface area contributed by atoms with Crippen molar-refractivity contribution < 1.29 is 18.7 Å². The lowest BCUT2D eigenvalue weighted by molar-refractivity contribution is -0.142. The Bertz CT molecular complexity index is 623. The third-order valence-corrected chi connectivity index (χ3v) is 3.21. The number of anilines is 1. The van der Waals surface area contributed by atoms with E-state index in [0.717, 1.165) is 0 Å². The molecule has 1 amide bonds. The second kappa shape index (κ2) is 6.53. The first-order chi connectivity index (χ1) is 9.58. The molecule has 0 aliphatic rings. The Kier molecular flexibility index (Phi) is 4.75. The van der Waals surface area contributed by atoms with Crippen molar-refractivity contribution in [2.45, 2.75) is 13.3 Å². The third-order valence-electron chi connectivity index (χ3n) is 2.20. The van der Waals surface area contributed by atoms with E-state index in [4.69, 9.17) is 20.8 Å². The summed E-state index contributed by atoms with van der Waals surface area (Å²) in [4.78, 5) is 27.2. The molecule has 106 valence electrons. The van der Waals surface area contributed by atoms with Crippen LogP contribution in [-0.2, 0) is 16.0 Å². The van der Waals surface area contributed by atoms with Gasteiger partial charge in [0.15, 0.2) is 16.1 Å².